The molecule has 0 aromatic heterocycles. The highest BCUT2D eigenvalue weighted by Gasteiger charge is 2.60. The van der Waals surface area contributed by atoms with Gasteiger partial charge in [-0.05, 0) is 73.9 Å². The lowest BCUT2D eigenvalue weighted by atomic mass is 9.73. The largest absolute Gasteiger partial charge is 0.458 e. The lowest BCUT2D eigenvalue weighted by Gasteiger charge is -2.47. The summed E-state index contributed by atoms with van der Waals surface area (Å²) < 4.78 is 31.2. The molecule has 1 N–H and O–H groups in total. The molecule has 0 aromatic rings. The van der Waals surface area contributed by atoms with Gasteiger partial charge < -0.3 is 33.7 Å². The van der Waals surface area contributed by atoms with Crippen LogP contribution in [0.5, 0.6) is 0 Å². The van der Waals surface area contributed by atoms with Crippen molar-refractivity contribution in [1.82, 2.24) is 9.80 Å². The van der Waals surface area contributed by atoms with Gasteiger partial charge >= 0.3 is 12.1 Å². The van der Waals surface area contributed by atoms with Crippen LogP contribution in [-0.2, 0) is 33.3 Å². The van der Waals surface area contributed by atoms with Crippen LogP contribution < -0.4 is 0 Å². The Labute approximate surface area is 274 Å². The van der Waals surface area contributed by atoms with Gasteiger partial charge in [-0.25, -0.2) is 4.79 Å². The van der Waals surface area contributed by atoms with E-state index in [2.05, 4.69) is 6.92 Å². The Morgan fingerprint density at radius 1 is 1.07 bits per heavy atom. The summed E-state index contributed by atoms with van der Waals surface area (Å²) in [5.74, 6) is -3.46. The van der Waals surface area contributed by atoms with Crippen LogP contribution in [0.15, 0.2) is 4.99 Å². The summed E-state index contributed by atoms with van der Waals surface area (Å²) in [5, 5.41) is 11.4. The van der Waals surface area contributed by atoms with E-state index in [-0.39, 0.29) is 35.8 Å². The summed E-state index contributed by atoms with van der Waals surface area (Å²) in [6.45, 7) is 17.3. The summed E-state index contributed by atoms with van der Waals surface area (Å²) in [4.78, 5) is 50.0. The molecule has 4 rings (SSSR count). The number of cyclic esters (lactones) is 1. The first-order valence-corrected chi connectivity index (χ1v) is 16.9. The fourth-order valence-corrected chi connectivity index (χ4v) is 8.50. The molecule has 12 nitrogen and oxygen atoms in total. The SMILES string of the molecule is CC[C@H]1OC(=O)[C@H](C)C(=O)[C@H](C)[C@@H](O[C@@H]2O[C@H](C)C[C@H](N(C)C)[C@H]2O)[C@@](C)(OC)C[C@@H](C)C2=N[C@H](C)CN3C(=O)O[C@@]1(C)[C@H]3[C@H]2C. The molecule has 4 aliphatic rings. The standard InChI is InChI=1S/C34H57N3O9/c1-13-24-34(9)28-20(5)25(35-18(3)16-37(28)32(41)46-34)17(2)15-33(8,42-12)29(21(6)26(38)22(7)30(40)44-24)45-31-27(39)23(36(10)11)14-19(4)43-31/h17-24,27-29,31,39H,13-16H2,1-12H3/t17-,18-,19-,20+,21+,22-,23+,24-,27-,28-,29-,31+,33+,34-/m1/s1. The Morgan fingerprint density at radius 3 is 2.30 bits per heavy atom. The second-order valence-electron chi connectivity index (χ2n) is 14.8. The van der Waals surface area contributed by atoms with Crippen LogP contribution in [-0.4, -0.2) is 126 Å². The van der Waals surface area contributed by atoms with Crippen LogP contribution in [0.3, 0.4) is 0 Å². The molecule has 46 heavy (non-hydrogen) atoms. The number of aliphatic hydroxyl groups is 1. The van der Waals surface area contributed by atoms with Crippen LogP contribution in [0.1, 0.15) is 81.6 Å². The van der Waals surface area contributed by atoms with E-state index in [1.807, 2.05) is 60.5 Å². The molecule has 0 spiro atoms. The molecule has 12 heteroatoms. The Morgan fingerprint density at radius 2 is 1.72 bits per heavy atom. The van der Waals surface area contributed by atoms with Crippen LogP contribution in [0, 0.1) is 23.7 Å². The molecule has 2 bridgehead atoms. The second kappa shape index (κ2) is 13.8. The van der Waals surface area contributed by atoms with Crippen LogP contribution in [0.25, 0.3) is 0 Å². The third kappa shape index (κ3) is 6.61. The number of rotatable bonds is 5. The molecule has 0 aliphatic carbocycles. The van der Waals surface area contributed by atoms with E-state index in [0.29, 0.717) is 25.8 Å². The zero-order valence-corrected chi connectivity index (χ0v) is 29.8. The summed E-state index contributed by atoms with van der Waals surface area (Å²) in [6, 6.07) is -0.871. The van der Waals surface area contributed by atoms with Crippen molar-refractivity contribution in [3.8, 4) is 0 Å². The molecule has 4 aliphatic heterocycles. The molecule has 1 amide bonds. The molecular formula is C34H57N3O9. The molecule has 4 heterocycles. The smallest absolute Gasteiger partial charge is 0.411 e. The lowest BCUT2D eigenvalue weighted by Crippen LogP contribution is -2.60. The zero-order chi connectivity index (χ0) is 34.5. The minimum absolute atomic E-state index is 0.163. The highest BCUT2D eigenvalue weighted by Crippen LogP contribution is 2.44. The maximum Gasteiger partial charge on any atom is 0.411 e. The zero-order valence-electron chi connectivity index (χ0n) is 29.8. The van der Waals surface area contributed by atoms with Crippen LogP contribution in [0.4, 0.5) is 4.79 Å². The predicted molar refractivity (Wildman–Crippen MR) is 171 cm³/mol. The third-order valence-electron chi connectivity index (χ3n) is 11.0. The molecule has 14 atom stereocenters. The Bertz CT molecular complexity index is 1180. The number of aliphatic hydroxyl groups excluding tert-OH is 1. The fraction of sp³-hybridized carbons (Fsp3) is 0.882. The average Bonchev–Trinajstić information content (AvgIpc) is 3.15. The van der Waals surface area contributed by atoms with Gasteiger partial charge in [0.15, 0.2) is 17.7 Å². The van der Waals surface area contributed by atoms with E-state index in [1.54, 1.807) is 18.9 Å². The van der Waals surface area contributed by atoms with E-state index in [0.717, 1.165) is 5.71 Å². The number of Topliss-reactive ketones (excluding diaryl/α,β-unsaturated/α-hetero) is 1. The van der Waals surface area contributed by atoms with Crippen molar-refractivity contribution in [2.75, 3.05) is 27.7 Å². The molecule has 0 radical (unpaired) electrons. The molecule has 262 valence electrons. The van der Waals surface area contributed by atoms with Gasteiger partial charge in [0.2, 0.25) is 0 Å². The number of methoxy groups -OCH3 is 1. The molecule has 0 saturated carbocycles. The average molecular weight is 652 g/mol. The number of nitrogens with zero attached hydrogens (tertiary/aromatic N) is 3. The third-order valence-corrected chi connectivity index (χ3v) is 11.0. The molecule has 3 fully saturated rings. The van der Waals surface area contributed by atoms with Crippen LogP contribution in [0.2, 0.25) is 0 Å². The van der Waals surface area contributed by atoms with E-state index in [4.69, 9.17) is 28.7 Å². The van der Waals surface area contributed by atoms with Gasteiger partial charge in [-0.15, -0.1) is 0 Å². The number of hydrogen-bond donors (Lipinski definition) is 1. The van der Waals surface area contributed by atoms with Gasteiger partial charge in [0, 0.05) is 37.2 Å². The first-order valence-electron chi connectivity index (χ1n) is 16.9. The van der Waals surface area contributed by atoms with Crippen molar-refractivity contribution in [3.63, 3.8) is 0 Å². The fourth-order valence-electron chi connectivity index (χ4n) is 8.50. The van der Waals surface area contributed by atoms with Crippen LogP contribution >= 0.6 is 0 Å². The molecule has 0 aromatic carbocycles. The number of amides is 1. The van der Waals surface area contributed by atoms with E-state index >= 15 is 0 Å². The minimum Gasteiger partial charge on any atom is -0.458 e. The minimum atomic E-state index is -1.16. The van der Waals surface area contributed by atoms with Crippen molar-refractivity contribution < 1.29 is 43.2 Å². The maximum atomic E-state index is 14.1. The van der Waals surface area contributed by atoms with Crippen molar-refractivity contribution >= 4 is 23.6 Å². The number of likely N-dealkylation sites (N-methyl/N-ethyl adjacent to an activating group) is 1. The molecular weight excluding hydrogens is 594 g/mol. The number of ether oxygens (including phenoxy) is 5. The number of carbonyl (C=O) groups is 3. The number of esters is 1. The van der Waals surface area contributed by atoms with E-state index in [9.17, 15) is 19.5 Å². The number of ketones is 1. The highest BCUT2D eigenvalue weighted by atomic mass is 16.7. The van der Waals surface area contributed by atoms with Gasteiger partial charge in [-0.3, -0.25) is 19.5 Å². The Hall–Kier alpha value is -2.12. The van der Waals surface area contributed by atoms with Crippen molar-refractivity contribution in [2.24, 2.45) is 28.7 Å². The number of aliphatic imine (C=N–C) groups is 1. The van der Waals surface area contributed by atoms with Gasteiger partial charge in [0.05, 0.1) is 29.9 Å². The van der Waals surface area contributed by atoms with E-state index in [1.165, 1.54) is 6.92 Å². The number of carbonyl (C=O) groups excluding carboxylic acids is 3. The quantitative estimate of drug-likeness (QED) is 0.348. The second-order valence-corrected chi connectivity index (χ2v) is 14.8. The van der Waals surface area contributed by atoms with Gasteiger partial charge in [-0.1, -0.05) is 27.7 Å². The summed E-state index contributed by atoms with van der Waals surface area (Å²) in [6.07, 6.45) is -2.95. The summed E-state index contributed by atoms with van der Waals surface area (Å²) >= 11 is 0. The monoisotopic (exact) mass is 651 g/mol. The van der Waals surface area contributed by atoms with E-state index < -0.39 is 65.7 Å². The van der Waals surface area contributed by atoms with Gasteiger partial charge in [0.1, 0.15) is 18.1 Å². The Kier molecular flexibility index (Phi) is 11.0. The summed E-state index contributed by atoms with van der Waals surface area (Å²) in [5.41, 5.74) is -1.34. The summed E-state index contributed by atoms with van der Waals surface area (Å²) in [7, 11) is 5.39. The topological polar surface area (TPSA) is 136 Å². The predicted octanol–water partition coefficient (Wildman–Crippen LogP) is 3.46. The first-order chi connectivity index (χ1) is 21.4. The highest BCUT2D eigenvalue weighted by molar-refractivity contribution is 6.00. The van der Waals surface area contributed by atoms with Crippen molar-refractivity contribution in [3.05, 3.63) is 0 Å². The molecule has 3 saturated heterocycles. The normalized spacial score (nSPS) is 45.9. The van der Waals surface area contributed by atoms with Crippen molar-refractivity contribution in [1.29, 1.82) is 0 Å². The Balaban J connectivity index is 1.83. The van der Waals surface area contributed by atoms with Gasteiger partial charge in [-0.2, -0.15) is 0 Å². The van der Waals surface area contributed by atoms with Gasteiger partial charge in [0.25, 0.3) is 0 Å². The van der Waals surface area contributed by atoms with Crippen molar-refractivity contribution in [2.45, 2.75) is 142 Å². The lowest BCUT2D eigenvalue weighted by molar-refractivity contribution is -0.295. The number of fused-ring (bicyclic) bond motifs is 1. The number of hydrogen-bond acceptors (Lipinski definition) is 11. The first kappa shape index (κ1) is 36.7. The molecule has 0 unspecified atom stereocenters. The maximum absolute atomic E-state index is 14.1.